The molecule has 0 aromatic rings. The molecule has 2 fully saturated rings. The molecule has 0 radical (unpaired) electrons. The number of amides is 2. The van der Waals surface area contributed by atoms with Crippen LogP contribution in [-0.2, 0) is 9.59 Å². The number of rotatable bonds is 4. The average molecular weight is 363 g/mol. The standard InChI is InChI=1S/C18H26FN5O2/c1-10(14-3-2-12(19)9-22-14)23-17(25)7-11-6-13-15(24-18(11)26)4-5-21-16(13)8-20/h6,10,12-16,21-22H,2-5,7,9H2,1H3,(H,23,25)(H,24,26)/t10-,12?,13?,14?,15?,16?/m0/s1. The Labute approximate surface area is 152 Å². The van der Waals surface area contributed by atoms with E-state index in [1.807, 2.05) is 6.92 Å². The zero-order valence-electron chi connectivity index (χ0n) is 14.9. The highest BCUT2D eigenvalue weighted by Gasteiger charge is 2.37. The van der Waals surface area contributed by atoms with E-state index >= 15 is 0 Å². The minimum absolute atomic E-state index is 0.0179. The molecule has 3 rings (SSSR count). The summed E-state index contributed by atoms with van der Waals surface area (Å²) < 4.78 is 13.2. The van der Waals surface area contributed by atoms with Gasteiger partial charge in [-0.1, -0.05) is 6.08 Å². The first kappa shape index (κ1) is 18.8. The Hall–Kier alpha value is -1.98. The number of fused-ring (bicyclic) bond motifs is 1. The molecule has 8 heteroatoms. The van der Waals surface area contributed by atoms with Gasteiger partial charge in [-0.05, 0) is 32.7 Å². The van der Waals surface area contributed by atoms with Gasteiger partial charge in [0.2, 0.25) is 11.8 Å². The number of hydrogen-bond donors (Lipinski definition) is 4. The van der Waals surface area contributed by atoms with E-state index in [-0.39, 0.29) is 48.3 Å². The van der Waals surface area contributed by atoms with Crippen LogP contribution in [0.25, 0.3) is 0 Å². The summed E-state index contributed by atoms with van der Waals surface area (Å²) in [6.45, 7) is 2.88. The minimum Gasteiger partial charge on any atom is -0.352 e. The Morgan fingerprint density at radius 3 is 2.92 bits per heavy atom. The number of carbonyl (C=O) groups is 2. The summed E-state index contributed by atoms with van der Waals surface area (Å²) in [6, 6.07) is 1.71. The van der Waals surface area contributed by atoms with Gasteiger partial charge in [-0.15, -0.1) is 0 Å². The summed E-state index contributed by atoms with van der Waals surface area (Å²) in [5.41, 5.74) is 0.403. The minimum atomic E-state index is -0.824. The van der Waals surface area contributed by atoms with Gasteiger partial charge in [0.15, 0.2) is 0 Å². The third kappa shape index (κ3) is 4.22. The van der Waals surface area contributed by atoms with Gasteiger partial charge in [-0.25, -0.2) is 4.39 Å². The lowest BCUT2D eigenvalue weighted by atomic mass is 9.82. The van der Waals surface area contributed by atoms with Crippen molar-refractivity contribution in [3.8, 4) is 6.07 Å². The fourth-order valence-corrected chi connectivity index (χ4v) is 4.03. The molecule has 0 saturated carbocycles. The maximum atomic E-state index is 13.2. The third-order valence-electron chi connectivity index (χ3n) is 5.55. The number of piperidine rings is 2. The predicted molar refractivity (Wildman–Crippen MR) is 93.7 cm³/mol. The number of nitrogens with one attached hydrogen (secondary N) is 4. The van der Waals surface area contributed by atoms with Gasteiger partial charge < -0.3 is 21.3 Å². The molecule has 0 aromatic heterocycles. The van der Waals surface area contributed by atoms with Crippen LogP contribution in [0.1, 0.15) is 32.6 Å². The van der Waals surface area contributed by atoms with Crippen LogP contribution in [0.5, 0.6) is 0 Å². The molecule has 26 heavy (non-hydrogen) atoms. The molecule has 7 nitrogen and oxygen atoms in total. The molecule has 0 aromatic carbocycles. The monoisotopic (exact) mass is 363 g/mol. The molecular formula is C18H26FN5O2. The van der Waals surface area contributed by atoms with Crippen LogP contribution in [-0.4, -0.2) is 55.2 Å². The summed E-state index contributed by atoms with van der Waals surface area (Å²) in [4.78, 5) is 24.7. The number of nitriles is 1. The second-order valence-corrected chi connectivity index (χ2v) is 7.42. The normalized spacial score (nSPS) is 35.3. The van der Waals surface area contributed by atoms with Crippen LogP contribution in [0.4, 0.5) is 4.39 Å². The second kappa shape index (κ2) is 8.14. The Balaban J connectivity index is 1.58. The zero-order valence-corrected chi connectivity index (χ0v) is 14.9. The Bertz CT molecular complexity index is 624. The molecular weight excluding hydrogens is 337 g/mol. The molecule has 0 bridgehead atoms. The molecule has 3 heterocycles. The number of hydrogen-bond acceptors (Lipinski definition) is 5. The van der Waals surface area contributed by atoms with E-state index < -0.39 is 6.17 Å². The second-order valence-electron chi connectivity index (χ2n) is 7.42. The third-order valence-corrected chi connectivity index (χ3v) is 5.55. The van der Waals surface area contributed by atoms with E-state index in [9.17, 15) is 19.2 Å². The first-order chi connectivity index (χ1) is 12.5. The SMILES string of the molecule is C[C@H](NC(=O)CC1=CC2C(C#N)NCCC2NC1=O)C1CCC(F)CN1. The summed E-state index contributed by atoms with van der Waals surface area (Å²) in [7, 11) is 0. The maximum absolute atomic E-state index is 13.2. The van der Waals surface area contributed by atoms with Gasteiger partial charge in [-0.2, -0.15) is 5.26 Å². The summed E-state index contributed by atoms with van der Waals surface area (Å²) >= 11 is 0. The highest BCUT2D eigenvalue weighted by atomic mass is 19.1. The number of halogens is 1. The summed E-state index contributed by atoms with van der Waals surface area (Å²) in [6.07, 6.45) is 2.87. The molecule has 142 valence electrons. The van der Waals surface area contributed by atoms with Gasteiger partial charge in [0.1, 0.15) is 12.2 Å². The number of alkyl halides is 1. The highest BCUT2D eigenvalue weighted by Crippen LogP contribution is 2.25. The fraction of sp³-hybridized carbons (Fsp3) is 0.722. The lowest BCUT2D eigenvalue weighted by Gasteiger charge is -2.38. The molecule has 6 atom stereocenters. The lowest BCUT2D eigenvalue weighted by Crippen LogP contribution is -2.56. The summed E-state index contributed by atoms with van der Waals surface area (Å²) in [5.74, 6) is -0.587. The van der Waals surface area contributed by atoms with E-state index in [0.29, 0.717) is 31.5 Å². The van der Waals surface area contributed by atoms with Crippen molar-refractivity contribution in [2.45, 2.75) is 62.9 Å². The molecule has 2 amide bonds. The number of carbonyl (C=O) groups excluding carboxylic acids is 2. The lowest BCUT2D eigenvalue weighted by molar-refractivity contribution is -0.124. The smallest absolute Gasteiger partial charge is 0.247 e. The summed E-state index contributed by atoms with van der Waals surface area (Å²) in [5, 5.41) is 21.4. The highest BCUT2D eigenvalue weighted by molar-refractivity contribution is 5.99. The fourth-order valence-electron chi connectivity index (χ4n) is 4.03. The van der Waals surface area contributed by atoms with Gasteiger partial charge in [-0.3, -0.25) is 9.59 Å². The Morgan fingerprint density at radius 2 is 2.23 bits per heavy atom. The van der Waals surface area contributed by atoms with Crippen molar-refractivity contribution < 1.29 is 14.0 Å². The molecule has 0 spiro atoms. The van der Waals surface area contributed by atoms with Crippen LogP contribution in [0.3, 0.4) is 0 Å². The van der Waals surface area contributed by atoms with Crippen molar-refractivity contribution in [2.24, 2.45) is 5.92 Å². The van der Waals surface area contributed by atoms with Crippen molar-refractivity contribution in [2.75, 3.05) is 13.1 Å². The Kier molecular flexibility index (Phi) is 5.89. The van der Waals surface area contributed by atoms with E-state index in [0.717, 1.165) is 6.42 Å². The van der Waals surface area contributed by atoms with Crippen molar-refractivity contribution in [3.05, 3.63) is 11.6 Å². The van der Waals surface area contributed by atoms with Crippen LogP contribution in [0, 0.1) is 17.2 Å². The molecule has 0 aliphatic carbocycles. The molecule has 3 aliphatic heterocycles. The van der Waals surface area contributed by atoms with Gasteiger partial charge >= 0.3 is 0 Å². The number of nitrogens with zero attached hydrogens (tertiary/aromatic N) is 1. The Morgan fingerprint density at radius 1 is 1.42 bits per heavy atom. The van der Waals surface area contributed by atoms with Crippen molar-refractivity contribution in [3.63, 3.8) is 0 Å². The van der Waals surface area contributed by atoms with E-state index in [1.54, 1.807) is 6.08 Å². The predicted octanol–water partition coefficient (Wildman–Crippen LogP) is -0.102. The van der Waals surface area contributed by atoms with E-state index in [4.69, 9.17) is 0 Å². The van der Waals surface area contributed by atoms with E-state index in [2.05, 4.69) is 27.3 Å². The molecule has 2 saturated heterocycles. The van der Waals surface area contributed by atoms with Crippen molar-refractivity contribution in [1.29, 1.82) is 5.26 Å². The maximum Gasteiger partial charge on any atom is 0.247 e. The van der Waals surface area contributed by atoms with Crippen LogP contribution in [0.2, 0.25) is 0 Å². The van der Waals surface area contributed by atoms with Gasteiger partial charge in [0, 0.05) is 36.2 Å². The van der Waals surface area contributed by atoms with Crippen LogP contribution < -0.4 is 21.3 Å². The van der Waals surface area contributed by atoms with E-state index in [1.165, 1.54) is 0 Å². The topological polar surface area (TPSA) is 106 Å². The molecule has 3 aliphatic rings. The first-order valence-electron chi connectivity index (χ1n) is 9.29. The van der Waals surface area contributed by atoms with Crippen LogP contribution in [0.15, 0.2) is 11.6 Å². The quantitative estimate of drug-likeness (QED) is 0.558. The zero-order chi connectivity index (χ0) is 18.7. The van der Waals surface area contributed by atoms with Crippen molar-refractivity contribution >= 4 is 11.8 Å². The van der Waals surface area contributed by atoms with Crippen LogP contribution >= 0.6 is 0 Å². The molecule has 5 unspecified atom stereocenters. The largest absolute Gasteiger partial charge is 0.352 e. The first-order valence-corrected chi connectivity index (χ1v) is 9.29. The molecule has 4 N–H and O–H groups in total. The average Bonchev–Trinajstić information content (AvgIpc) is 2.62. The van der Waals surface area contributed by atoms with Gasteiger partial charge in [0.05, 0.1) is 12.5 Å². The van der Waals surface area contributed by atoms with Crippen molar-refractivity contribution in [1.82, 2.24) is 21.3 Å². The van der Waals surface area contributed by atoms with Gasteiger partial charge in [0.25, 0.3) is 0 Å².